The van der Waals surface area contributed by atoms with Crippen LogP contribution in [0.3, 0.4) is 0 Å². The Labute approximate surface area is 76.6 Å². The zero-order valence-electron chi connectivity index (χ0n) is 6.94. The van der Waals surface area contributed by atoms with E-state index in [-0.39, 0.29) is 12.8 Å². The van der Waals surface area contributed by atoms with Crippen LogP contribution in [0.25, 0.3) is 0 Å². The summed E-state index contributed by atoms with van der Waals surface area (Å²) >= 11 is 5.73. The summed E-state index contributed by atoms with van der Waals surface area (Å²) in [5, 5.41) is 9.25. The van der Waals surface area contributed by atoms with Crippen molar-refractivity contribution in [2.45, 2.75) is 12.6 Å². The van der Waals surface area contributed by atoms with E-state index in [2.05, 4.69) is 9.98 Å². The zero-order valence-corrected chi connectivity index (χ0v) is 7.70. The number of rotatable bonds is 3. The van der Waals surface area contributed by atoms with E-state index in [1.54, 1.807) is 0 Å². The molecule has 4 nitrogen and oxygen atoms in total. The molecule has 0 aliphatic carbocycles. The summed E-state index contributed by atoms with van der Waals surface area (Å²) in [7, 11) is 1.90. The van der Waals surface area contributed by atoms with Crippen LogP contribution in [-0.4, -0.2) is 47.9 Å². The summed E-state index contributed by atoms with van der Waals surface area (Å²) in [5.41, 5.74) is 0. The van der Waals surface area contributed by atoms with E-state index in [0.29, 0.717) is 18.1 Å². The second-order valence-electron chi connectivity index (χ2n) is 2.66. The Morgan fingerprint density at radius 2 is 2.58 bits per heavy atom. The Hall–Kier alpha value is -0.450. The van der Waals surface area contributed by atoms with Gasteiger partial charge in [-0.25, -0.2) is 4.99 Å². The first-order chi connectivity index (χ1) is 5.74. The van der Waals surface area contributed by atoms with E-state index >= 15 is 0 Å². The van der Waals surface area contributed by atoms with Crippen molar-refractivity contribution in [3.05, 3.63) is 0 Å². The molecule has 1 aliphatic heterocycles. The highest BCUT2D eigenvalue weighted by molar-refractivity contribution is 6.66. The van der Waals surface area contributed by atoms with Crippen LogP contribution in [0, 0.1) is 0 Å². The van der Waals surface area contributed by atoms with Gasteiger partial charge in [-0.1, -0.05) is 11.6 Å². The van der Waals surface area contributed by atoms with Gasteiger partial charge in [-0.3, -0.25) is 9.89 Å². The van der Waals surface area contributed by atoms with Gasteiger partial charge in [0.15, 0.2) is 0 Å². The van der Waals surface area contributed by atoms with Gasteiger partial charge in [0, 0.05) is 13.0 Å². The molecule has 1 heterocycles. The largest absolute Gasteiger partial charge is 0.395 e. The smallest absolute Gasteiger partial charge is 0.113 e. The number of hydrogen-bond donors (Lipinski definition) is 1. The van der Waals surface area contributed by atoms with Gasteiger partial charge in [0.05, 0.1) is 6.61 Å². The summed E-state index contributed by atoms with van der Waals surface area (Å²) in [6.45, 7) is 0.740. The summed E-state index contributed by atoms with van der Waals surface area (Å²) in [4.78, 5) is 9.88. The predicted molar refractivity (Wildman–Crippen MR) is 49.9 cm³/mol. The number of aliphatic hydroxyl groups is 1. The van der Waals surface area contributed by atoms with Crippen molar-refractivity contribution in [1.82, 2.24) is 4.90 Å². The number of hydrogen-bond acceptors (Lipinski definition) is 4. The minimum atomic E-state index is 0.0298. The highest BCUT2D eigenvalue weighted by atomic mass is 35.5. The van der Waals surface area contributed by atoms with Crippen LogP contribution >= 0.6 is 11.6 Å². The molecule has 0 aromatic rings. The van der Waals surface area contributed by atoms with Gasteiger partial charge in [-0.2, -0.15) is 0 Å². The van der Waals surface area contributed by atoms with E-state index in [0.717, 1.165) is 0 Å². The van der Waals surface area contributed by atoms with Crippen LogP contribution in [0.1, 0.15) is 6.42 Å². The standard InChI is InChI=1S/C7H12ClN3O/c1-11(2-3-12)7-4-6(8)9-5-10-7/h5,7,12H,2-4H2,1H3. The third kappa shape index (κ3) is 2.55. The fourth-order valence-electron chi connectivity index (χ4n) is 1.01. The molecular weight excluding hydrogens is 178 g/mol. The van der Waals surface area contributed by atoms with Crippen LogP contribution in [0.15, 0.2) is 9.98 Å². The molecule has 0 saturated carbocycles. The monoisotopic (exact) mass is 189 g/mol. The Morgan fingerprint density at radius 3 is 3.17 bits per heavy atom. The average molecular weight is 190 g/mol. The lowest BCUT2D eigenvalue weighted by Gasteiger charge is -2.24. The van der Waals surface area contributed by atoms with Crippen LogP contribution in [-0.2, 0) is 0 Å². The first kappa shape index (κ1) is 9.64. The molecule has 1 rings (SSSR count). The second kappa shape index (κ2) is 4.54. The molecule has 0 amide bonds. The second-order valence-corrected chi connectivity index (χ2v) is 3.10. The first-order valence-corrected chi connectivity index (χ1v) is 4.16. The predicted octanol–water partition coefficient (Wildman–Crippen LogP) is 0.306. The van der Waals surface area contributed by atoms with Crippen molar-refractivity contribution in [3.8, 4) is 0 Å². The average Bonchev–Trinajstić information content (AvgIpc) is 2.05. The van der Waals surface area contributed by atoms with E-state index in [1.165, 1.54) is 6.34 Å². The Morgan fingerprint density at radius 1 is 1.83 bits per heavy atom. The minimum Gasteiger partial charge on any atom is -0.395 e. The molecule has 1 unspecified atom stereocenters. The molecule has 0 aromatic carbocycles. The van der Waals surface area contributed by atoms with Crippen molar-refractivity contribution >= 4 is 23.1 Å². The van der Waals surface area contributed by atoms with E-state index in [1.807, 2.05) is 11.9 Å². The van der Waals surface area contributed by atoms with Gasteiger partial charge in [0.1, 0.15) is 17.7 Å². The number of halogens is 1. The summed E-state index contributed by atoms with van der Waals surface area (Å²) in [6, 6.07) is 0. The number of aliphatic hydroxyl groups excluding tert-OH is 1. The van der Waals surface area contributed by atoms with Crippen LogP contribution < -0.4 is 0 Å². The normalized spacial score (nSPS) is 23.0. The van der Waals surface area contributed by atoms with Crippen molar-refractivity contribution in [2.24, 2.45) is 9.98 Å². The van der Waals surface area contributed by atoms with E-state index in [9.17, 15) is 0 Å². The molecule has 1 atom stereocenters. The summed E-state index contributed by atoms with van der Waals surface area (Å²) in [6.07, 6.45) is 2.13. The lowest BCUT2D eigenvalue weighted by atomic mass is 10.3. The van der Waals surface area contributed by atoms with Crippen LogP contribution in [0.2, 0.25) is 0 Å². The summed E-state index contributed by atoms with van der Waals surface area (Å²) < 4.78 is 0. The fourth-order valence-corrected chi connectivity index (χ4v) is 1.19. The third-order valence-corrected chi connectivity index (χ3v) is 2.00. The maximum absolute atomic E-state index is 8.68. The maximum Gasteiger partial charge on any atom is 0.113 e. The van der Waals surface area contributed by atoms with Gasteiger partial charge in [-0.05, 0) is 7.05 Å². The van der Waals surface area contributed by atoms with E-state index < -0.39 is 0 Å². The number of aliphatic imine (C=N–C) groups is 2. The molecule has 1 aliphatic rings. The molecular formula is C7H12ClN3O. The van der Waals surface area contributed by atoms with Crippen molar-refractivity contribution in [2.75, 3.05) is 20.2 Å². The van der Waals surface area contributed by atoms with Crippen LogP contribution in [0.5, 0.6) is 0 Å². The van der Waals surface area contributed by atoms with E-state index in [4.69, 9.17) is 16.7 Å². The molecule has 0 aromatic heterocycles. The highest BCUT2D eigenvalue weighted by Gasteiger charge is 2.16. The lowest BCUT2D eigenvalue weighted by molar-refractivity contribution is 0.186. The molecule has 0 spiro atoms. The summed E-state index contributed by atoms with van der Waals surface area (Å²) in [5.74, 6) is 0. The zero-order chi connectivity index (χ0) is 8.97. The highest BCUT2D eigenvalue weighted by Crippen LogP contribution is 2.10. The van der Waals surface area contributed by atoms with Crippen molar-refractivity contribution in [3.63, 3.8) is 0 Å². The molecule has 0 fully saturated rings. The Bertz CT molecular complexity index is 205. The van der Waals surface area contributed by atoms with Gasteiger partial charge in [0.25, 0.3) is 0 Å². The van der Waals surface area contributed by atoms with Crippen molar-refractivity contribution in [1.29, 1.82) is 0 Å². The first-order valence-electron chi connectivity index (χ1n) is 3.79. The van der Waals surface area contributed by atoms with Gasteiger partial charge >= 0.3 is 0 Å². The fraction of sp³-hybridized carbons (Fsp3) is 0.714. The third-order valence-electron chi connectivity index (χ3n) is 1.75. The molecule has 68 valence electrons. The van der Waals surface area contributed by atoms with Gasteiger partial charge in [0.2, 0.25) is 0 Å². The molecule has 0 bridgehead atoms. The molecule has 12 heavy (non-hydrogen) atoms. The molecule has 1 N–H and O–H groups in total. The van der Waals surface area contributed by atoms with Gasteiger partial charge < -0.3 is 5.11 Å². The lowest BCUT2D eigenvalue weighted by Crippen LogP contribution is -2.34. The number of likely N-dealkylation sites (N-methyl/N-ethyl adjacent to an activating group) is 1. The SMILES string of the molecule is CN(CCO)C1CC(Cl)=NC=N1. The van der Waals surface area contributed by atoms with Gasteiger partial charge in [-0.15, -0.1) is 0 Å². The molecule has 5 heteroatoms. The quantitative estimate of drug-likeness (QED) is 0.695. The van der Waals surface area contributed by atoms with Crippen molar-refractivity contribution < 1.29 is 5.11 Å². The Kier molecular flexibility index (Phi) is 3.65. The molecule has 0 radical (unpaired) electrons. The minimum absolute atomic E-state index is 0.0298. The van der Waals surface area contributed by atoms with Crippen LogP contribution in [0.4, 0.5) is 0 Å². The maximum atomic E-state index is 8.68. The molecule has 0 saturated heterocycles. The Balaban J connectivity index is 2.44. The number of nitrogens with zero attached hydrogens (tertiary/aromatic N) is 3. The topological polar surface area (TPSA) is 48.2 Å².